The summed E-state index contributed by atoms with van der Waals surface area (Å²) >= 11 is 7.56. The second kappa shape index (κ2) is 6.07. The zero-order valence-electron chi connectivity index (χ0n) is 12.5. The molecule has 0 amide bonds. The molecule has 0 fully saturated rings. The first-order valence-corrected chi connectivity index (χ1v) is 8.80. The minimum absolute atomic E-state index is 0.207. The fourth-order valence-corrected chi connectivity index (χ4v) is 3.90. The molecule has 1 aliphatic rings. The summed E-state index contributed by atoms with van der Waals surface area (Å²) in [6.07, 6.45) is 0.722. The lowest BCUT2D eigenvalue weighted by Crippen LogP contribution is -2.22. The predicted octanol–water partition coefficient (Wildman–Crippen LogP) is 4.34. The number of benzene rings is 2. The average Bonchev–Trinajstić information content (AvgIpc) is 2.74. The van der Waals surface area contributed by atoms with E-state index in [2.05, 4.69) is 5.10 Å². The van der Waals surface area contributed by atoms with Crippen molar-refractivity contribution in [3.05, 3.63) is 75.3 Å². The summed E-state index contributed by atoms with van der Waals surface area (Å²) in [5, 5.41) is 5.12. The van der Waals surface area contributed by atoms with Crippen LogP contribution in [0.2, 0.25) is 5.02 Å². The molecule has 0 saturated carbocycles. The molecular formula is C18H12ClFN2OS. The molecule has 0 N–H and O–H groups in total. The molecule has 3 aromatic rings. The number of fused-ring (bicyclic) bond motifs is 3. The maximum Gasteiger partial charge on any atom is 0.271 e. The highest BCUT2D eigenvalue weighted by Crippen LogP contribution is 2.36. The van der Waals surface area contributed by atoms with Crippen molar-refractivity contribution in [2.24, 2.45) is 0 Å². The summed E-state index contributed by atoms with van der Waals surface area (Å²) in [5.74, 6) is 0.519. The molecule has 0 aliphatic carbocycles. The molecular weight excluding hydrogens is 347 g/mol. The number of aromatic nitrogens is 2. The Balaban J connectivity index is 1.96. The molecule has 120 valence electrons. The fourth-order valence-electron chi connectivity index (χ4n) is 2.76. The third-order valence-corrected chi connectivity index (χ3v) is 5.23. The van der Waals surface area contributed by atoms with Crippen LogP contribution in [-0.2, 0) is 6.42 Å². The lowest BCUT2D eigenvalue weighted by Gasteiger charge is -2.11. The van der Waals surface area contributed by atoms with E-state index < -0.39 is 0 Å². The molecule has 0 radical (unpaired) electrons. The Morgan fingerprint density at radius 2 is 1.92 bits per heavy atom. The molecule has 0 saturated heterocycles. The third kappa shape index (κ3) is 2.74. The number of halogens is 2. The van der Waals surface area contributed by atoms with Gasteiger partial charge in [0.1, 0.15) is 5.82 Å². The van der Waals surface area contributed by atoms with E-state index in [1.807, 2.05) is 0 Å². The molecule has 3 nitrogen and oxygen atoms in total. The number of aryl methyl sites for hydroxylation is 1. The number of nitrogens with zero attached hydrogens (tertiary/aromatic N) is 2. The summed E-state index contributed by atoms with van der Waals surface area (Å²) in [6, 6.07) is 13.2. The first kappa shape index (κ1) is 15.4. The van der Waals surface area contributed by atoms with Gasteiger partial charge in [-0.1, -0.05) is 11.6 Å². The van der Waals surface area contributed by atoms with Crippen LogP contribution in [0.25, 0.3) is 16.9 Å². The highest BCUT2D eigenvalue weighted by molar-refractivity contribution is 7.99. The Hall–Kier alpha value is -2.11. The van der Waals surface area contributed by atoms with Crippen molar-refractivity contribution < 1.29 is 4.39 Å². The molecule has 4 rings (SSSR count). The van der Waals surface area contributed by atoms with Crippen LogP contribution in [-0.4, -0.2) is 15.5 Å². The fraction of sp³-hybridized carbons (Fsp3) is 0.111. The summed E-state index contributed by atoms with van der Waals surface area (Å²) in [4.78, 5) is 13.4. The van der Waals surface area contributed by atoms with Crippen LogP contribution >= 0.6 is 23.4 Å². The minimum Gasteiger partial charge on any atom is -0.267 e. The standard InChI is InChI=1S/C18H12ClFN2OS/c19-12-1-4-14(5-2-12)22-17(23)9-11-7-8-24-16-6-3-13(20)10-15(16)18(11)21-22/h1-6,9-10H,7-8H2. The van der Waals surface area contributed by atoms with Crippen LogP contribution in [0.5, 0.6) is 0 Å². The van der Waals surface area contributed by atoms with Crippen molar-refractivity contribution in [2.75, 3.05) is 5.75 Å². The van der Waals surface area contributed by atoms with Crippen molar-refractivity contribution in [1.82, 2.24) is 9.78 Å². The van der Waals surface area contributed by atoms with Gasteiger partial charge >= 0.3 is 0 Å². The molecule has 24 heavy (non-hydrogen) atoms. The van der Waals surface area contributed by atoms with Crippen molar-refractivity contribution >= 4 is 23.4 Å². The minimum atomic E-state index is -0.312. The van der Waals surface area contributed by atoms with Crippen molar-refractivity contribution in [3.8, 4) is 16.9 Å². The largest absolute Gasteiger partial charge is 0.271 e. The Morgan fingerprint density at radius 3 is 2.71 bits per heavy atom. The SMILES string of the molecule is O=c1cc2c(nn1-c1ccc(Cl)cc1)-c1cc(F)ccc1SCC2. The Kier molecular flexibility index (Phi) is 3.90. The topological polar surface area (TPSA) is 34.9 Å². The van der Waals surface area contributed by atoms with Gasteiger partial charge in [-0.2, -0.15) is 9.78 Å². The van der Waals surface area contributed by atoms with Crippen molar-refractivity contribution in [3.63, 3.8) is 0 Å². The summed E-state index contributed by atoms with van der Waals surface area (Å²) in [7, 11) is 0. The molecule has 0 bridgehead atoms. The average molecular weight is 359 g/mol. The molecule has 2 aromatic carbocycles. The molecule has 0 spiro atoms. The van der Waals surface area contributed by atoms with Gasteiger partial charge < -0.3 is 0 Å². The number of hydrogen-bond acceptors (Lipinski definition) is 3. The molecule has 1 aliphatic heterocycles. The van der Waals surface area contributed by atoms with Crippen LogP contribution in [0.1, 0.15) is 5.56 Å². The van der Waals surface area contributed by atoms with E-state index in [0.29, 0.717) is 16.4 Å². The van der Waals surface area contributed by atoms with Crippen molar-refractivity contribution in [2.45, 2.75) is 11.3 Å². The Labute approximate surface area is 147 Å². The van der Waals surface area contributed by atoms with Crippen LogP contribution in [0.15, 0.2) is 58.2 Å². The van der Waals surface area contributed by atoms with Gasteiger partial charge in [0.2, 0.25) is 0 Å². The maximum atomic E-state index is 13.7. The lowest BCUT2D eigenvalue weighted by atomic mass is 10.0. The molecule has 0 atom stereocenters. The first-order chi connectivity index (χ1) is 11.6. The van der Waals surface area contributed by atoms with Crippen LogP contribution < -0.4 is 5.56 Å². The summed E-state index contributed by atoms with van der Waals surface area (Å²) in [6.45, 7) is 0. The number of rotatable bonds is 1. The van der Waals surface area contributed by atoms with Gasteiger partial charge in [0.25, 0.3) is 5.56 Å². The molecule has 6 heteroatoms. The normalized spacial score (nSPS) is 13.1. The number of thioether (sulfide) groups is 1. The van der Waals surface area contributed by atoms with Gasteiger partial charge in [-0.3, -0.25) is 4.79 Å². The smallest absolute Gasteiger partial charge is 0.267 e. The Morgan fingerprint density at radius 1 is 1.12 bits per heavy atom. The quantitative estimate of drug-likeness (QED) is 0.649. The van der Waals surface area contributed by atoms with Crippen LogP contribution in [0.3, 0.4) is 0 Å². The second-order valence-corrected chi connectivity index (χ2v) is 7.06. The van der Waals surface area contributed by atoms with E-state index in [1.165, 1.54) is 16.8 Å². The van der Waals surface area contributed by atoms with Gasteiger partial charge in [-0.05, 0) is 54.4 Å². The third-order valence-electron chi connectivity index (χ3n) is 3.91. The van der Waals surface area contributed by atoms with Crippen LogP contribution in [0.4, 0.5) is 4.39 Å². The second-order valence-electron chi connectivity index (χ2n) is 5.48. The summed E-state index contributed by atoms with van der Waals surface area (Å²) < 4.78 is 15.1. The van der Waals surface area contributed by atoms with E-state index in [4.69, 9.17) is 11.6 Å². The molecule has 0 unspecified atom stereocenters. The van der Waals surface area contributed by atoms with E-state index in [-0.39, 0.29) is 11.4 Å². The first-order valence-electron chi connectivity index (χ1n) is 7.44. The van der Waals surface area contributed by atoms with Crippen molar-refractivity contribution in [1.29, 1.82) is 0 Å². The van der Waals surface area contributed by atoms with E-state index >= 15 is 0 Å². The monoisotopic (exact) mass is 358 g/mol. The zero-order valence-corrected chi connectivity index (χ0v) is 14.1. The number of hydrogen-bond donors (Lipinski definition) is 0. The van der Waals surface area contributed by atoms with E-state index in [0.717, 1.165) is 28.2 Å². The molecule has 2 heterocycles. The van der Waals surface area contributed by atoms with Gasteiger partial charge in [-0.15, -0.1) is 11.8 Å². The maximum absolute atomic E-state index is 13.7. The van der Waals surface area contributed by atoms with Gasteiger partial charge in [0, 0.05) is 27.3 Å². The van der Waals surface area contributed by atoms with Gasteiger partial charge in [-0.25, -0.2) is 4.39 Å². The summed E-state index contributed by atoms with van der Waals surface area (Å²) in [5.41, 5.74) is 2.66. The lowest BCUT2D eigenvalue weighted by molar-refractivity contribution is 0.627. The van der Waals surface area contributed by atoms with Gasteiger partial charge in [0.15, 0.2) is 0 Å². The Bertz CT molecular complexity index is 985. The zero-order chi connectivity index (χ0) is 16.7. The van der Waals surface area contributed by atoms with E-state index in [1.54, 1.807) is 48.2 Å². The highest BCUT2D eigenvalue weighted by Gasteiger charge is 2.19. The van der Waals surface area contributed by atoms with E-state index in [9.17, 15) is 9.18 Å². The van der Waals surface area contributed by atoms with Gasteiger partial charge in [0.05, 0.1) is 11.4 Å². The van der Waals surface area contributed by atoms with Crippen LogP contribution in [0, 0.1) is 5.82 Å². The highest BCUT2D eigenvalue weighted by atomic mass is 35.5. The molecule has 1 aromatic heterocycles. The predicted molar refractivity (Wildman–Crippen MR) is 94.7 cm³/mol.